The summed E-state index contributed by atoms with van der Waals surface area (Å²) in [6.45, 7) is 2.87. The standard InChI is InChI=1S/C26H22N2O6S/c1-3-33-26(30)24-16(2)18-10-4-5-11-19(18)27-20(24)15-34-23(29)14-28-21-12-6-8-17-9-7-13-22(25(17)21)35(28,31)32/h4-13H,3,14-15H2,1-2H3. The monoisotopic (exact) mass is 490 g/mol. The second-order valence-corrected chi connectivity index (χ2v) is 9.93. The average molecular weight is 491 g/mol. The van der Waals surface area contributed by atoms with Crippen LogP contribution >= 0.6 is 0 Å². The molecule has 0 saturated carbocycles. The van der Waals surface area contributed by atoms with Crippen molar-refractivity contribution in [2.45, 2.75) is 25.3 Å². The van der Waals surface area contributed by atoms with E-state index < -0.39 is 28.5 Å². The van der Waals surface area contributed by atoms with Gasteiger partial charge in [0.15, 0.2) is 0 Å². The van der Waals surface area contributed by atoms with Crippen LogP contribution in [0.3, 0.4) is 0 Å². The molecule has 1 aliphatic rings. The molecular formula is C26H22N2O6S. The van der Waals surface area contributed by atoms with Gasteiger partial charge < -0.3 is 9.47 Å². The van der Waals surface area contributed by atoms with Crippen LogP contribution in [0.2, 0.25) is 0 Å². The van der Waals surface area contributed by atoms with Crippen LogP contribution in [0.4, 0.5) is 5.69 Å². The zero-order valence-electron chi connectivity index (χ0n) is 19.1. The zero-order valence-corrected chi connectivity index (χ0v) is 20.0. The lowest BCUT2D eigenvalue weighted by Crippen LogP contribution is -2.33. The number of nitrogens with zero attached hydrogens (tertiary/aromatic N) is 2. The molecular weight excluding hydrogens is 468 g/mol. The van der Waals surface area contributed by atoms with E-state index in [0.29, 0.717) is 22.2 Å². The molecule has 0 unspecified atom stereocenters. The van der Waals surface area contributed by atoms with Crippen molar-refractivity contribution >= 4 is 49.3 Å². The molecule has 0 N–H and O–H groups in total. The maximum absolute atomic E-state index is 13.1. The number of carbonyl (C=O) groups is 2. The normalized spacial score (nSPS) is 13.8. The highest BCUT2D eigenvalue weighted by Gasteiger charge is 2.37. The fraction of sp³-hybridized carbons (Fsp3) is 0.192. The van der Waals surface area contributed by atoms with Gasteiger partial charge >= 0.3 is 11.9 Å². The smallest absolute Gasteiger partial charge is 0.340 e. The molecule has 8 nitrogen and oxygen atoms in total. The molecule has 0 spiro atoms. The molecule has 9 heteroatoms. The molecule has 0 bridgehead atoms. The highest BCUT2D eigenvalue weighted by atomic mass is 32.2. The van der Waals surface area contributed by atoms with E-state index in [2.05, 4.69) is 4.98 Å². The number of pyridine rings is 1. The first-order valence-corrected chi connectivity index (χ1v) is 12.5. The van der Waals surface area contributed by atoms with Crippen LogP contribution in [-0.4, -0.2) is 38.5 Å². The number of esters is 2. The third-order valence-corrected chi connectivity index (χ3v) is 7.83. The quantitative estimate of drug-likeness (QED) is 0.375. The number of ether oxygens (including phenoxy) is 2. The van der Waals surface area contributed by atoms with Gasteiger partial charge in [-0.05, 0) is 43.0 Å². The van der Waals surface area contributed by atoms with Gasteiger partial charge in [0.2, 0.25) is 0 Å². The number of aryl methyl sites for hydroxylation is 1. The third kappa shape index (κ3) is 3.77. The summed E-state index contributed by atoms with van der Waals surface area (Å²) >= 11 is 0. The molecule has 0 radical (unpaired) electrons. The Balaban J connectivity index is 1.43. The van der Waals surface area contributed by atoms with E-state index in [1.54, 1.807) is 38.1 Å². The van der Waals surface area contributed by atoms with Crippen molar-refractivity contribution in [3.8, 4) is 0 Å². The minimum absolute atomic E-state index is 0.162. The number of sulfonamides is 1. The lowest BCUT2D eigenvalue weighted by molar-refractivity contribution is -0.143. The molecule has 35 heavy (non-hydrogen) atoms. The molecule has 0 amide bonds. The fourth-order valence-corrected chi connectivity index (χ4v) is 6.11. The zero-order chi connectivity index (χ0) is 24.7. The van der Waals surface area contributed by atoms with Crippen molar-refractivity contribution in [2.24, 2.45) is 0 Å². The van der Waals surface area contributed by atoms with Gasteiger partial charge in [-0.25, -0.2) is 18.2 Å². The lowest BCUT2D eigenvalue weighted by Gasteiger charge is -2.18. The number of carbonyl (C=O) groups excluding carboxylic acids is 2. The Morgan fingerprint density at radius 1 is 0.971 bits per heavy atom. The largest absolute Gasteiger partial charge is 0.462 e. The van der Waals surface area contributed by atoms with Gasteiger partial charge in [0.1, 0.15) is 13.2 Å². The Morgan fingerprint density at radius 2 is 1.71 bits per heavy atom. The summed E-state index contributed by atoms with van der Waals surface area (Å²) in [7, 11) is -3.90. The van der Waals surface area contributed by atoms with E-state index in [0.717, 1.165) is 15.1 Å². The summed E-state index contributed by atoms with van der Waals surface area (Å²) in [5.41, 5.74) is 2.24. The molecule has 2 heterocycles. The van der Waals surface area contributed by atoms with Gasteiger partial charge in [0.25, 0.3) is 10.0 Å². The minimum atomic E-state index is -3.90. The Morgan fingerprint density at radius 3 is 2.49 bits per heavy atom. The molecule has 0 aliphatic carbocycles. The first-order chi connectivity index (χ1) is 16.8. The van der Waals surface area contributed by atoms with Crippen LogP contribution in [0.25, 0.3) is 21.7 Å². The van der Waals surface area contributed by atoms with E-state index >= 15 is 0 Å². The molecule has 0 fully saturated rings. The fourth-order valence-electron chi connectivity index (χ4n) is 4.46. The number of aromatic nitrogens is 1. The van der Waals surface area contributed by atoms with Gasteiger partial charge in [-0.15, -0.1) is 0 Å². The SMILES string of the molecule is CCOC(=O)c1c(COC(=O)CN2c3cccc4cccc(c34)S2(=O)=O)nc2ccccc2c1C. The van der Waals surface area contributed by atoms with Crippen LogP contribution in [0.1, 0.15) is 28.5 Å². The van der Waals surface area contributed by atoms with Gasteiger partial charge in [-0.1, -0.05) is 42.5 Å². The third-order valence-electron chi connectivity index (χ3n) is 6.03. The average Bonchev–Trinajstić information content (AvgIpc) is 3.06. The minimum Gasteiger partial charge on any atom is -0.462 e. The molecule has 1 aromatic heterocycles. The predicted molar refractivity (Wildman–Crippen MR) is 131 cm³/mol. The van der Waals surface area contributed by atoms with E-state index in [4.69, 9.17) is 9.47 Å². The van der Waals surface area contributed by atoms with Crippen LogP contribution in [0.15, 0.2) is 65.6 Å². The first kappa shape index (κ1) is 22.8. The van der Waals surface area contributed by atoms with Crippen molar-refractivity contribution in [3.05, 3.63) is 77.5 Å². The number of rotatable bonds is 6. The number of anilines is 1. The first-order valence-electron chi connectivity index (χ1n) is 11.1. The lowest BCUT2D eigenvalue weighted by atomic mass is 10.0. The van der Waals surface area contributed by atoms with E-state index in [-0.39, 0.29) is 29.4 Å². The molecule has 178 valence electrons. The van der Waals surface area contributed by atoms with E-state index in [1.807, 2.05) is 30.3 Å². The highest BCUT2D eigenvalue weighted by Crippen LogP contribution is 2.41. The molecule has 0 atom stereocenters. The summed E-state index contributed by atoms with van der Waals surface area (Å²) in [6.07, 6.45) is 0. The summed E-state index contributed by atoms with van der Waals surface area (Å²) in [6, 6.07) is 17.6. The van der Waals surface area contributed by atoms with Crippen LogP contribution in [0, 0.1) is 6.92 Å². The van der Waals surface area contributed by atoms with Crippen molar-refractivity contribution < 1.29 is 27.5 Å². The summed E-state index contributed by atoms with van der Waals surface area (Å²) in [4.78, 5) is 30.2. The number of hydrogen-bond acceptors (Lipinski definition) is 7. The van der Waals surface area contributed by atoms with Gasteiger partial charge in [0.05, 0.1) is 34.0 Å². The van der Waals surface area contributed by atoms with E-state index in [9.17, 15) is 18.0 Å². The molecule has 4 aromatic rings. The summed E-state index contributed by atoms with van der Waals surface area (Å²) < 4.78 is 37.9. The number of para-hydroxylation sites is 1. The second-order valence-electron chi connectivity index (χ2n) is 8.10. The maximum atomic E-state index is 13.1. The van der Waals surface area contributed by atoms with Crippen molar-refractivity contribution in [1.29, 1.82) is 0 Å². The van der Waals surface area contributed by atoms with Crippen LogP contribution in [0.5, 0.6) is 0 Å². The van der Waals surface area contributed by atoms with Gasteiger partial charge in [0, 0.05) is 10.8 Å². The van der Waals surface area contributed by atoms with Crippen molar-refractivity contribution in [1.82, 2.24) is 4.98 Å². The van der Waals surface area contributed by atoms with Crippen molar-refractivity contribution in [2.75, 3.05) is 17.5 Å². The van der Waals surface area contributed by atoms with Gasteiger partial charge in [-0.2, -0.15) is 0 Å². The van der Waals surface area contributed by atoms with Crippen LogP contribution < -0.4 is 4.31 Å². The summed E-state index contributed by atoms with van der Waals surface area (Å²) in [5.74, 6) is -1.32. The highest BCUT2D eigenvalue weighted by molar-refractivity contribution is 7.93. The Kier molecular flexibility index (Phi) is 5.64. The van der Waals surface area contributed by atoms with Gasteiger partial charge in [-0.3, -0.25) is 9.10 Å². The Hall–Kier alpha value is -3.98. The topological polar surface area (TPSA) is 103 Å². The predicted octanol–water partition coefficient (Wildman–Crippen LogP) is 4.13. The number of fused-ring (bicyclic) bond motifs is 1. The number of benzene rings is 3. The molecule has 3 aromatic carbocycles. The molecule has 1 aliphatic heterocycles. The number of hydrogen-bond donors (Lipinski definition) is 0. The van der Waals surface area contributed by atoms with E-state index in [1.165, 1.54) is 6.07 Å². The van der Waals surface area contributed by atoms with Crippen molar-refractivity contribution in [3.63, 3.8) is 0 Å². The molecule has 0 saturated heterocycles. The Bertz CT molecular complexity index is 1610. The second kappa shape index (κ2) is 8.66. The van der Waals surface area contributed by atoms with Crippen LogP contribution in [-0.2, 0) is 30.9 Å². The Labute approximate surface area is 202 Å². The summed E-state index contributed by atoms with van der Waals surface area (Å²) in [5, 5.41) is 2.15. The molecule has 5 rings (SSSR count). The maximum Gasteiger partial charge on any atom is 0.340 e.